The third kappa shape index (κ3) is 4.79. The van der Waals surface area contributed by atoms with Crippen molar-refractivity contribution in [1.82, 2.24) is 19.7 Å². The third-order valence-corrected chi connectivity index (χ3v) is 6.42. The molecule has 34 heavy (non-hydrogen) atoms. The maximum Gasteiger partial charge on any atom is 0.411 e. The highest BCUT2D eigenvalue weighted by Crippen LogP contribution is 2.36. The number of nitrogens with zero attached hydrogens (tertiary/aromatic N) is 4. The first-order valence-corrected chi connectivity index (χ1v) is 12.1. The topological polar surface area (TPSA) is 69.5 Å². The molecule has 1 fully saturated rings. The molecular weight excluding hydrogens is 428 g/mol. The molecule has 3 aromatic rings. The number of rotatable bonds is 3. The summed E-state index contributed by atoms with van der Waals surface area (Å²) in [6, 6.07) is 18.2. The van der Waals surface area contributed by atoms with Crippen LogP contribution in [0.2, 0.25) is 0 Å². The van der Waals surface area contributed by atoms with Crippen molar-refractivity contribution in [3.05, 3.63) is 71.8 Å². The molecule has 178 valence electrons. The quantitative estimate of drug-likeness (QED) is 0.507. The zero-order valence-corrected chi connectivity index (χ0v) is 20.1. The van der Waals surface area contributed by atoms with E-state index in [0.717, 1.165) is 54.3 Å². The largest absolute Gasteiger partial charge is 0.490 e. The van der Waals surface area contributed by atoms with E-state index < -0.39 is 5.60 Å². The van der Waals surface area contributed by atoms with E-state index in [1.807, 2.05) is 63.2 Å². The van der Waals surface area contributed by atoms with Crippen LogP contribution in [0.25, 0.3) is 5.69 Å². The van der Waals surface area contributed by atoms with Crippen LogP contribution in [-0.2, 0) is 17.8 Å². The molecule has 2 aliphatic rings. The molecule has 0 bridgehead atoms. The molecule has 0 radical (unpaired) electrons. The fraction of sp³-hybridized carbons (Fsp3) is 0.444. The Labute approximate surface area is 200 Å². The summed E-state index contributed by atoms with van der Waals surface area (Å²) in [4.78, 5) is 14.6. The lowest BCUT2D eigenvalue weighted by Crippen LogP contribution is -2.35. The van der Waals surface area contributed by atoms with Gasteiger partial charge in [-0.05, 0) is 70.2 Å². The molecule has 1 aliphatic carbocycles. The molecule has 0 N–H and O–H groups in total. The fourth-order valence-corrected chi connectivity index (χ4v) is 4.84. The zero-order valence-electron chi connectivity index (χ0n) is 20.1. The van der Waals surface area contributed by atoms with Crippen molar-refractivity contribution >= 4 is 6.09 Å². The summed E-state index contributed by atoms with van der Waals surface area (Å²) in [6.45, 7) is 6.49. The molecule has 2 heterocycles. The summed E-state index contributed by atoms with van der Waals surface area (Å²) in [5.74, 6) is 2.98. The molecule has 7 nitrogen and oxygen atoms in total. The molecule has 0 spiro atoms. The molecule has 0 atom stereocenters. The van der Waals surface area contributed by atoms with Gasteiger partial charge in [-0.1, -0.05) is 36.4 Å². The van der Waals surface area contributed by atoms with Crippen molar-refractivity contribution < 1.29 is 14.3 Å². The van der Waals surface area contributed by atoms with Crippen LogP contribution in [0.15, 0.2) is 54.6 Å². The van der Waals surface area contributed by atoms with Crippen LogP contribution >= 0.6 is 0 Å². The Bertz CT molecular complexity index is 1140. The number of benzene rings is 2. The van der Waals surface area contributed by atoms with E-state index in [4.69, 9.17) is 9.47 Å². The Balaban J connectivity index is 1.37. The van der Waals surface area contributed by atoms with Gasteiger partial charge in [-0.3, -0.25) is 9.47 Å². The van der Waals surface area contributed by atoms with Gasteiger partial charge >= 0.3 is 6.09 Å². The van der Waals surface area contributed by atoms with Gasteiger partial charge in [-0.2, -0.15) is 0 Å². The Morgan fingerprint density at radius 3 is 2.35 bits per heavy atom. The summed E-state index contributed by atoms with van der Waals surface area (Å²) in [6.07, 6.45) is 3.83. The number of para-hydroxylation sites is 2. The van der Waals surface area contributed by atoms with Crippen LogP contribution in [0.5, 0.6) is 5.75 Å². The Morgan fingerprint density at radius 1 is 0.912 bits per heavy atom. The highest BCUT2D eigenvalue weighted by Gasteiger charge is 2.33. The summed E-state index contributed by atoms with van der Waals surface area (Å²) in [5, 5.41) is 9.17. The number of ether oxygens (including phenoxy) is 2. The average Bonchev–Trinajstić information content (AvgIpc) is 3.14. The minimum atomic E-state index is -0.553. The number of hydrogen-bond donors (Lipinski definition) is 0. The van der Waals surface area contributed by atoms with E-state index in [9.17, 15) is 4.79 Å². The first kappa shape index (κ1) is 22.4. The monoisotopic (exact) mass is 460 g/mol. The summed E-state index contributed by atoms with van der Waals surface area (Å²) < 4.78 is 14.0. The second-order valence-electron chi connectivity index (χ2n) is 10.2. The van der Waals surface area contributed by atoms with Crippen molar-refractivity contribution in [2.75, 3.05) is 0 Å². The van der Waals surface area contributed by atoms with Gasteiger partial charge in [0.05, 0.1) is 24.9 Å². The second kappa shape index (κ2) is 9.12. The number of aromatic nitrogens is 3. The molecule has 0 unspecified atom stereocenters. The molecule has 1 saturated carbocycles. The summed E-state index contributed by atoms with van der Waals surface area (Å²) in [7, 11) is 0. The molecule has 7 heteroatoms. The van der Waals surface area contributed by atoms with E-state index in [1.54, 1.807) is 4.90 Å². The molecule has 1 amide bonds. The molecule has 5 rings (SSSR count). The number of carbonyl (C=O) groups excluding carboxylic acids is 1. The minimum absolute atomic E-state index is 0.222. The third-order valence-electron chi connectivity index (χ3n) is 6.42. The van der Waals surface area contributed by atoms with Crippen LogP contribution < -0.4 is 4.74 Å². The number of hydrogen-bond acceptors (Lipinski definition) is 5. The van der Waals surface area contributed by atoms with Gasteiger partial charge in [-0.15, -0.1) is 10.2 Å². The Kier molecular flexibility index (Phi) is 6.02. The standard InChI is InChI=1S/C27H32N4O3/c1-27(2,3)34-26(32)30-17-20-9-7-8-12-23(20)31-24(18-30)28-29-25(31)19-13-15-22(16-14-19)33-21-10-5-4-6-11-21/h4-12,19,22H,13-18H2,1-3H3. The maximum absolute atomic E-state index is 12.9. The second-order valence-corrected chi connectivity index (χ2v) is 10.2. The van der Waals surface area contributed by atoms with Crippen LogP contribution in [0.3, 0.4) is 0 Å². The number of carbonyl (C=O) groups is 1. The molecule has 0 saturated heterocycles. The molecule has 2 aromatic carbocycles. The van der Waals surface area contributed by atoms with Gasteiger partial charge in [0.25, 0.3) is 0 Å². The average molecular weight is 461 g/mol. The Hall–Kier alpha value is -3.35. The van der Waals surface area contributed by atoms with Gasteiger partial charge in [0.2, 0.25) is 0 Å². The lowest BCUT2D eigenvalue weighted by Gasteiger charge is -2.29. The molecule has 1 aromatic heterocycles. The normalized spacial score (nSPS) is 20.1. The van der Waals surface area contributed by atoms with Crippen molar-refractivity contribution in [2.45, 2.75) is 77.2 Å². The van der Waals surface area contributed by atoms with Crippen LogP contribution in [0, 0.1) is 0 Å². The number of fused-ring (bicyclic) bond motifs is 3. The maximum atomic E-state index is 12.9. The van der Waals surface area contributed by atoms with Crippen molar-refractivity contribution in [3.63, 3.8) is 0 Å². The van der Waals surface area contributed by atoms with Gasteiger partial charge in [0.15, 0.2) is 5.82 Å². The predicted octanol–water partition coefficient (Wildman–Crippen LogP) is 5.62. The summed E-state index contributed by atoms with van der Waals surface area (Å²) >= 11 is 0. The van der Waals surface area contributed by atoms with Gasteiger partial charge < -0.3 is 9.47 Å². The lowest BCUT2D eigenvalue weighted by atomic mass is 9.86. The highest BCUT2D eigenvalue weighted by molar-refractivity contribution is 5.68. The first-order chi connectivity index (χ1) is 16.4. The van der Waals surface area contributed by atoms with Crippen LogP contribution in [-0.4, -0.2) is 37.5 Å². The van der Waals surface area contributed by atoms with E-state index in [1.165, 1.54) is 0 Å². The van der Waals surface area contributed by atoms with E-state index in [-0.39, 0.29) is 12.2 Å². The Morgan fingerprint density at radius 2 is 1.62 bits per heavy atom. The van der Waals surface area contributed by atoms with E-state index in [2.05, 4.69) is 26.9 Å². The molecular formula is C27H32N4O3. The van der Waals surface area contributed by atoms with Gasteiger partial charge in [-0.25, -0.2) is 4.79 Å². The highest BCUT2D eigenvalue weighted by atomic mass is 16.6. The van der Waals surface area contributed by atoms with Gasteiger partial charge in [0.1, 0.15) is 17.2 Å². The van der Waals surface area contributed by atoms with Crippen molar-refractivity contribution in [1.29, 1.82) is 0 Å². The van der Waals surface area contributed by atoms with Crippen molar-refractivity contribution in [3.8, 4) is 11.4 Å². The lowest BCUT2D eigenvalue weighted by molar-refractivity contribution is 0.0214. The van der Waals surface area contributed by atoms with Crippen LogP contribution in [0.1, 0.15) is 69.6 Å². The van der Waals surface area contributed by atoms with Gasteiger partial charge in [0, 0.05) is 5.92 Å². The predicted molar refractivity (Wildman–Crippen MR) is 129 cm³/mol. The van der Waals surface area contributed by atoms with Crippen molar-refractivity contribution in [2.24, 2.45) is 0 Å². The minimum Gasteiger partial charge on any atom is -0.490 e. The first-order valence-electron chi connectivity index (χ1n) is 12.1. The molecule has 1 aliphatic heterocycles. The number of amides is 1. The zero-order chi connectivity index (χ0) is 23.7. The fourth-order valence-electron chi connectivity index (χ4n) is 4.84. The van der Waals surface area contributed by atoms with E-state index in [0.29, 0.717) is 19.0 Å². The summed E-state index contributed by atoms with van der Waals surface area (Å²) in [5.41, 5.74) is 1.56. The SMILES string of the molecule is CC(C)(C)OC(=O)N1Cc2ccccc2-n2c(nnc2C2CCC(Oc3ccccc3)CC2)C1. The van der Waals surface area contributed by atoms with Crippen LogP contribution in [0.4, 0.5) is 4.79 Å². The smallest absolute Gasteiger partial charge is 0.411 e. The van der Waals surface area contributed by atoms with E-state index >= 15 is 0 Å².